The minimum absolute atomic E-state index is 0.629. The van der Waals surface area contributed by atoms with Gasteiger partial charge in [0.2, 0.25) is 0 Å². The fraction of sp³-hybridized carbons (Fsp3) is 1.00. The summed E-state index contributed by atoms with van der Waals surface area (Å²) in [6.45, 7) is 6.95. The van der Waals surface area contributed by atoms with Crippen LogP contribution in [-0.4, -0.2) is 50.3 Å². The van der Waals surface area contributed by atoms with E-state index in [1.807, 2.05) is 7.11 Å². The second kappa shape index (κ2) is 6.72. The molecule has 0 aromatic carbocycles. The summed E-state index contributed by atoms with van der Waals surface area (Å²) in [7, 11) is 1.82. The highest BCUT2D eigenvalue weighted by Crippen LogP contribution is 2.26. The van der Waals surface area contributed by atoms with Crippen molar-refractivity contribution >= 4 is 0 Å². The van der Waals surface area contributed by atoms with Crippen molar-refractivity contribution in [1.29, 1.82) is 0 Å². The first-order valence-electron chi connectivity index (χ1n) is 7.31. The summed E-state index contributed by atoms with van der Waals surface area (Å²) < 4.78 is 5.35. The molecule has 2 saturated heterocycles. The molecule has 0 amide bonds. The Labute approximate surface area is 106 Å². The zero-order valence-corrected chi connectivity index (χ0v) is 11.5. The number of hydrogen-bond donors (Lipinski definition) is 1. The maximum atomic E-state index is 5.35. The molecule has 0 saturated carbocycles. The fourth-order valence-corrected chi connectivity index (χ4v) is 3.49. The van der Waals surface area contributed by atoms with Gasteiger partial charge in [0.05, 0.1) is 6.61 Å². The molecule has 0 aromatic rings. The predicted octanol–water partition coefficient (Wildman–Crippen LogP) is 1.88. The van der Waals surface area contributed by atoms with E-state index < -0.39 is 0 Å². The number of hydrogen-bond acceptors (Lipinski definition) is 3. The molecule has 17 heavy (non-hydrogen) atoms. The molecule has 100 valence electrons. The molecule has 3 atom stereocenters. The Hall–Kier alpha value is -0.120. The summed E-state index contributed by atoms with van der Waals surface area (Å²) in [5, 5.41) is 3.68. The first-order valence-corrected chi connectivity index (χ1v) is 7.31. The minimum Gasteiger partial charge on any atom is -0.383 e. The van der Waals surface area contributed by atoms with Crippen molar-refractivity contribution in [3.8, 4) is 0 Å². The Morgan fingerprint density at radius 1 is 1.35 bits per heavy atom. The Balaban J connectivity index is 1.86. The van der Waals surface area contributed by atoms with Gasteiger partial charge in [0.15, 0.2) is 0 Å². The van der Waals surface area contributed by atoms with Gasteiger partial charge in [-0.3, -0.25) is 4.90 Å². The van der Waals surface area contributed by atoms with Crippen molar-refractivity contribution in [3.05, 3.63) is 0 Å². The van der Waals surface area contributed by atoms with Crippen LogP contribution in [0.25, 0.3) is 0 Å². The lowest BCUT2D eigenvalue weighted by Gasteiger charge is -2.39. The van der Waals surface area contributed by atoms with E-state index in [1.54, 1.807) is 0 Å². The van der Waals surface area contributed by atoms with Crippen LogP contribution in [0.5, 0.6) is 0 Å². The van der Waals surface area contributed by atoms with E-state index in [0.29, 0.717) is 6.04 Å². The van der Waals surface area contributed by atoms with Crippen LogP contribution < -0.4 is 5.32 Å². The molecule has 2 rings (SSSR count). The van der Waals surface area contributed by atoms with Gasteiger partial charge in [-0.15, -0.1) is 0 Å². The molecular formula is C14H28N2O. The Kier molecular flexibility index (Phi) is 5.26. The lowest BCUT2D eigenvalue weighted by atomic mass is 9.89. The molecule has 3 nitrogen and oxygen atoms in total. The van der Waals surface area contributed by atoms with Crippen molar-refractivity contribution in [2.45, 2.75) is 51.1 Å². The molecule has 0 spiro atoms. The summed E-state index contributed by atoms with van der Waals surface area (Å²) in [5.41, 5.74) is 0. The lowest BCUT2D eigenvalue weighted by molar-refractivity contribution is 0.0508. The third-order valence-corrected chi connectivity index (χ3v) is 4.50. The molecule has 0 aromatic heterocycles. The highest BCUT2D eigenvalue weighted by Gasteiger charge is 2.31. The quantitative estimate of drug-likeness (QED) is 0.794. The minimum atomic E-state index is 0.629. The summed E-state index contributed by atoms with van der Waals surface area (Å²) in [6.07, 6.45) is 6.75. The van der Waals surface area contributed by atoms with E-state index in [1.165, 1.54) is 51.7 Å². The van der Waals surface area contributed by atoms with Gasteiger partial charge in [-0.2, -0.15) is 0 Å². The normalized spacial score (nSPS) is 32.8. The van der Waals surface area contributed by atoms with Gasteiger partial charge in [0.25, 0.3) is 0 Å². The molecule has 2 aliphatic heterocycles. The van der Waals surface area contributed by atoms with Crippen LogP contribution in [0.3, 0.4) is 0 Å². The number of rotatable bonds is 5. The van der Waals surface area contributed by atoms with Crippen LogP contribution >= 0.6 is 0 Å². The third kappa shape index (κ3) is 3.43. The molecule has 0 bridgehead atoms. The van der Waals surface area contributed by atoms with Crippen LogP contribution in [0.15, 0.2) is 0 Å². The Bertz CT molecular complexity index is 216. The maximum Gasteiger partial charge on any atom is 0.0617 e. The van der Waals surface area contributed by atoms with E-state index >= 15 is 0 Å². The summed E-state index contributed by atoms with van der Waals surface area (Å²) in [4.78, 5) is 2.66. The van der Waals surface area contributed by atoms with Crippen molar-refractivity contribution in [3.63, 3.8) is 0 Å². The van der Waals surface area contributed by atoms with Crippen molar-refractivity contribution < 1.29 is 4.74 Å². The summed E-state index contributed by atoms with van der Waals surface area (Å²) in [5.74, 6) is 0.872. The fourth-order valence-electron chi connectivity index (χ4n) is 3.49. The topological polar surface area (TPSA) is 24.5 Å². The van der Waals surface area contributed by atoms with Gasteiger partial charge in [0, 0.05) is 25.7 Å². The van der Waals surface area contributed by atoms with E-state index in [-0.39, 0.29) is 0 Å². The monoisotopic (exact) mass is 240 g/mol. The Morgan fingerprint density at radius 2 is 2.24 bits per heavy atom. The second-order valence-electron chi connectivity index (χ2n) is 5.62. The zero-order valence-electron chi connectivity index (χ0n) is 11.5. The van der Waals surface area contributed by atoms with E-state index in [9.17, 15) is 0 Å². The Morgan fingerprint density at radius 3 is 2.88 bits per heavy atom. The van der Waals surface area contributed by atoms with Crippen LogP contribution in [0, 0.1) is 5.92 Å². The average molecular weight is 240 g/mol. The van der Waals surface area contributed by atoms with Gasteiger partial charge in [-0.1, -0.05) is 6.92 Å². The average Bonchev–Trinajstić information content (AvgIpc) is 2.90. The van der Waals surface area contributed by atoms with Crippen LogP contribution in [0.4, 0.5) is 0 Å². The van der Waals surface area contributed by atoms with Crippen LogP contribution in [-0.2, 0) is 4.74 Å². The largest absolute Gasteiger partial charge is 0.383 e. The van der Waals surface area contributed by atoms with Gasteiger partial charge < -0.3 is 10.1 Å². The molecule has 0 radical (unpaired) electrons. The number of nitrogens with zero attached hydrogens (tertiary/aromatic N) is 1. The summed E-state index contributed by atoms with van der Waals surface area (Å²) in [6, 6.07) is 1.42. The SMILES string of the molecule is CCC(COC)N1CCCC(C2CCCN2)C1. The number of methoxy groups -OCH3 is 1. The number of ether oxygens (including phenoxy) is 1. The van der Waals surface area contributed by atoms with E-state index in [0.717, 1.165) is 18.6 Å². The van der Waals surface area contributed by atoms with Crippen molar-refractivity contribution in [2.75, 3.05) is 33.4 Å². The number of piperidine rings is 1. The summed E-state index contributed by atoms with van der Waals surface area (Å²) >= 11 is 0. The van der Waals surface area contributed by atoms with Gasteiger partial charge >= 0.3 is 0 Å². The first kappa shape index (κ1) is 13.3. The van der Waals surface area contributed by atoms with E-state index in [4.69, 9.17) is 4.74 Å². The van der Waals surface area contributed by atoms with Gasteiger partial charge in [-0.25, -0.2) is 0 Å². The predicted molar refractivity (Wildman–Crippen MR) is 71.3 cm³/mol. The molecule has 0 aliphatic carbocycles. The van der Waals surface area contributed by atoms with Gasteiger partial charge in [-0.05, 0) is 51.1 Å². The number of nitrogens with one attached hydrogen (secondary N) is 1. The van der Waals surface area contributed by atoms with Crippen molar-refractivity contribution in [1.82, 2.24) is 10.2 Å². The molecule has 1 N–H and O–H groups in total. The molecule has 3 heteroatoms. The highest BCUT2D eigenvalue weighted by molar-refractivity contribution is 4.88. The molecule has 2 fully saturated rings. The maximum absolute atomic E-state index is 5.35. The lowest BCUT2D eigenvalue weighted by Crippen LogP contribution is -2.48. The molecule has 2 heterocycles. The van der Waals surface area contributed by atoms with Crippen molar-refractivity contribution in [2.24, 2.45) is 5.92 Å². The van der Waals surface area contributed by atoms with E-state index in [2.05, 4.69) is 17.1 Å². The molecule has 3 unspecified atom stereocenters. The molecule has 2 aliphatic rings. The first-order chi connectivity index (χ1) is 8.35. The third-order valence-electron chi connectivity index (χ3n) is 4.50. The standard InChI is InChI=1S/C14H28N2O/c1-3-13(11-17-2)16-9-5-6-12(10-16)14-7-4-8-15-14/h12-15H,3-11H2,1-2H3. The number of likely N-dealkylation sites (tertiary alicyclic amines) is 1. The highest BCUT2D eigenvalue weighted by atomic mass is 16.5. The smallest absolute Gasteiger partial charge is 0.0617 e. The van der Waals surface area contributed by atoms with Crippen LogP contribution in [0.2, 0.25) is 0 Å². The molecular weight excluding hydrogens is 212 g/mol. The van der Waals surface area contributed by atoms with Crippen LogP contribution in [0.1, 0.15) is 39.0 Å². The van der Waals surface area contributed by atoms with Gasteiger partial charge in [0.1, 0.15) is 0 Å². The zero-order chi connectivity index (χ0) is 12.1. The second-order valence-corrected chi connectivity index (χ2v) is 5.62.